The molecule has 5 nitrogen and oxygen atoms in total. The topological polar surface area (TPSA) is 67.4 Å². The van der Waals surface area contributed by atoms with Crippen LogP contribution in [0.2, 0.25) is 0 Å². The lowest BCUT2D eigenvalue weighted by molar-refractivity contribution is -0.118. The summed E-state index contributed by atoms with van der Waals surface area (Å²) in [4.78, 5) is 25.0. The smallest absolute Gasteiger partial charge is 0.262 e. The maximum Gasteiger partial charge on any atom is 0.262 e. The molecule has 0 aliphatic carbocycles. The highest BCUT2D eigenvalue weighted by Gasteiger charge is 2.12. The van der Waals surface area contributed by atoms with Crippen molar-refractivity contribution in [2.24, 2.45) is 0 Å². The predicted molar refractivity (Wildman–Crippen MR) is 130 cm³/mol. The Morgan fingerprint density at radius 2 is 1.50 bits per heavy atom. The fourth-order valence-electron chi connectivity index (χ4n) is 3.58. The minimum Gasteiger partial charge on any atom is -0.484 e. The summed E-state index contributed by atoms with van der Waals surface area (Å²) < 4.78 is 5.63. The molecule has 166 valence electrons. The van der Waals surface area contributed by atoms with E-state index in [4.69, 9.17) is 4.74 Å². The Morgan fingerprint density at radius 3 is 2.09 bits per heavy atom. The van der Waals surface area contributed by atoms with E-state index in [-0.39, 0.29) is 18.4 Å². The number of hydrogen-bond acceptors (Lipinski definition) is 3. The molecule has 0 aromatic heterocycles. The molecule has 0 aliphatic rings. The first-order valence-electron chi connectivity index (χ1n) is 10.9. The van der Waals surface area contributed by atoms with Gasteiger partial charge in [-0.05, 0) is 73.7 Å². The molecule has 0 saturated heterocycles. The molecule has 0 spiro atoms. The summed E-state index contributed by atoms with van der Waals surface area (Å²) in [7, 11) is 0. The van der Waals surface area contributed by atoms with Gasteiger partial charge in [0.05, 0.1) is 0 Å². The van der Waals surface area contributed by atoms with Crippen LogP contribution in [-0.2, 0) is 17.6 Å². The number of amides is 2. The molecule has 3 rings (SSSR count). The van der Waals surface area contributed by atoms with E-state index >= 15 is 0 Å². The molecule has 0 aliphatic heterocycles. The maximum absolute atomic E-state index is 12.5. The highest BCUT2D eigenvalue weighted by molar-refractivity contribution is 6.04. The number of anilines is 2. The largest absolute Gasteiger partial charge is 0.484 e. The van der Waals surface area contributed by atoms with Crippen LogP contribution in [0, 0.1) is 13.8 Å². The Balaban J connectivity index is 1.58. The van der Waals surface area contributed by atoms with E-state index in [1.165, 1.54) is 0 Å². The lowest BCUT2D eigenvalue weighted by Crippen LogP contribution is -2.21. The second kappa shape index (κ2) is 10.6. The zero-order valence-corrected chi connectivity index (χ0v) is 19.1. The first-order valence-corrected chi connectivity index (χ1v) is 10.9. The number of nitrogens with one attached hydrogen (secondary N) is 2. The third-order valence-corrected chi connectivity index (χ3v) is 5.38. The van der Waals surface area contributed by atoms with E-state index in [0.29, 0.717) is 11.3 Å². The lowest BCUT2D eigenvalue weighted by Gasteiger charge is -2.15. The number of rotatable bonds is 8. The number of carbonyl (C=O) groups is 2. The summed E-state index contributed by atoms with van der Waals surface area (Å²) >= 11 is 0. The molecule has 0 unspecified atom stereocenters. The van der Waals surface area contributed by atoms with Gasteiger partial charge >= 0.3 is 0 Å². The molecule has 0 atom stereocenters. The lowest BCUT2D eigenvalue weighted by atomic mass is 10.0. The SMILES string of the molecule is CCc1cccc(CC)c1NC(=O)COc1ccc(C(=O)Nc2ccc(C)cc2C)cc1. The molecule has 0 saturated carbocycles. The number of hydrogen-bond donors (Lipinski definition) is 2. The number of ether oxygens (including phenoxy) is 1. The van der Waals surface area contributed by atoms with Gasteiger partial charge in [0.1, 0.15) is 5.75 Å². The molecule has 2 amide bonds. The van der Waals surface area contributed by atoms with Crippen molar-refractivity contribution >= 4 is 23.2 Å². The zero-order valence-electron chi connectivity index (χ0n) is 19.1. The Labute approximate surface area is 189 Å². The molecule has 2 N–H and O–H groups in total. The van der Waals surface area contributed by atoms with Gasteiger partial charge in [0.25, 0.3) is 11.8 Å². The highest BCUT2D eigenvalue weighted by Crippen LogP contribution is 2.23. The Bertz CT molecular complexity index is 1080. The van der Waals surface area contributed by atoms with Crippen molar-refractivity contribution < 1.29 is 14.3 Å². The van der Waals surface area contributed by atoms with Gasteiger partial charge in [0.15, 0.2) is 6.61 Å². The summed E-state index contributed by atoms with van der Waals surface area (Å²) in [6.45, 7) is 8.02. The van der Waals surface area contributed by atoms with Crippen LogP contribution in [-0.4, -0.2) is 18.4 Å². The van der Waals surface area contributed by atoms with Gasteiger partial charge in [-0.25, -0.2) is 0 Å². The summed E-state index contributed by atoms with van der Waals surface area (Å²) in [5, 5.41) is 5.92. The molecule has 5 heteroatoms. The number of benzene rings is 3. The second-order valence-electron chi connectivity index (χ2n) is 7.79. The van der Waals surface area contributed by atoms with Crippen LogP contribution in [0.15, 0.2) is 60.7 Å². The predicted octanol–water partition coefficient (Wildman–Crippen LogP) is 5.70. The van der Waals surface area contributed by atoms with Gasteiger partial charge in [0.2, 0.25) is 0 Å². The standard InChI is InChI=1S/C27H30N2O3/c1-5-20-8-7-9-21(6-2)26(20)29-25(30)17-32-23-13-11-22(12-14-23)27(31)28-24-15-10-18(3)16-19(24)4/h7-16H,5-6,17H2,1-4H3,(H,28,31)(H,29,30). The van der Waals surface area contributed by atoms with E-state index in [1.54, 1.807) is 24.3 Å². The average molecular weight is 431 g/mol. The summed E-state index contributed by atoms with van der Waals surface area (Å²) in [6, 6.07) is 18.7. The molecular weight excluding hydrogens is 400 g/mol. The van der Waals surface area contributed by atoms with Crippen molar-refractivity contribution in [3.63, 3.8) is 0 Å². The molecule has 0 heterocycles. The van der Waals surface area contributed by atoms with Gasteiger partial charge in [-0.15, -0.1) is 0 Å². The molecule has 32 heavy (non-hydrogen) atoms. The first-order chi connectivity index (χ1) is 15.4. The zero-order chi connectivity index (χ0) is 23.1. The normalized spacial score (nSPS) is 10.5. The van der Waals surface area contributed by atoms with E-state index in [2.05, 4.69) is 24.5 Å². The maximum atomic E-state index is 12.5. The van der Waals surface area contributed by atoms with Crippen molar-refractivity contribution in [2.75, 3.05) is 17.2 Å². The summed E-state index contributed by atoms with van der Waals surface area (Å²) in [5.74, 6) is 0.129. The van der Waals surface area contributed by atoms with E-state index < -0.39 is 0 Å². The van der Waals surface area contributed by atoms with Crippen LogP contribution >= 0.6 is 0 Å². The second-order valence-corrected chi connectivity index (χ2v) is 7.79. The van der Waals surface area contributed by atoms with Crippen LogP contribution in [0.5, 0.6) is 5.75 Å². The van der Waals surface area contributed by atoms with Crippen molar-refractivity contribution in [3.05, 3.63) is 88.5 Å². The van der Waals surface area contributed by atoms with Crippen LogP contribution in [0.25, 0.3) is 0 Å². The van der Waals surface area contributed by atoms with Crippen LogP contribution in [0.4, 0.5) is 11.4 Å². The summed E-state index contributed by atoms with van der Waals surface area (Å²) in [6.07, 6.45) is 1.69. The van der Waals surface area contributed by atoms with Crippen molar-refractivity contribution in [3.8, 4) is 5.75 Å². The van der Waals surface area contributed by atoms with Gasteiger partial charge in [-0.1, -0.05) is 49.7 Å². The molecule has 0 radical (unpaired) electrons. The van der Waals surface area contributed by atoms with Gasteiger partial charge < -0.3 is 15.4 Å². The third kappa shape index (κ3) is 5.76. The monoisotopic (exact) mass is 430 g/mol. The minimum absolute atomic E-state index is 0.102. The van der Waals surface area contributed by atoms with Crippen molar-refractivity contribution in [2.45, 2.75) is 40.5 Å². The molecule has 0 bridgehead atoms. The molecule has 3 aromatic carbocycles. The van der Waals surface area contributed by atoms with E-state index in [1.807, 2.05) is 50.2 Å². The first kappa shape index (κ1) is 23.1. The van der Waals surface area contributed by atoms with Crippen LogP contribution in [0.3, 0.4) is 0 Å². The highest BCUT2D eigenvalue weighted by atomic mass is 16.5. The number of aryl methyl sites for hydroxylation is 4. The van der Waals surface area contributed by atoms with E-state index in [0.717, 1.165) is 46.5 Å². The summed E-state index contributed by atoms with van der Waals surface area (Å²) in [5.41, 5.74) is 6.57. The van der Waals surface area contributed by atoms with Crippen LogP contribution in [0.1, 0.15) is 46.5 Å². The van der Waals surface area contributed by atoms with Gasteiger partial charge in [-0.2, -0.15) is 0 Å². The number of carbonyl (C=O) groups excluding carboxylic acids is 2. The molecular formula is C27H30N2O3. The Kier molecular flexibility index (Phi) is 7.66. The fourth-order valence-corrected chi connectivity index (χ4v) is 3.58. The Hall–Kier alpha value is -3.60. The quantitative estimate of drug-likeness (QED) is 0.482. The van der Waals surface area contributed by atoms with E-state index in [9.17, 15) is 9.59 Å². The number of para-hydroxylation sites is 1. The van der Waals surface area contributed by atoms with Crippen LogP contribution < -0.4 is 15.4 Å². The Morgan fingerprint density at radius 1 is 0.844 bits per heavy atom. The fraction of sp³-hybridized carbons (Fsp3) is 0.259. The van der Waals surface area contributed by atoms with Gasteiger partial charge in [0, 0.05) is 16.9 Å². The third-order valence-electron chi connectivity index (χ3n) is 5.38. The van der Waals surface area contributed by atoms with Crippen molar-refractivity contribution in [1.29, 1.82) is 0 Å². The van der Waals surface area contributed by atoms with Gasteiger partial charge in [-0.3, -0.25) is 9.59 Å². The van der Waals surface area contributed by atoms with Crippen molar-refractivity contribution in [1.82, 2.24) is 0 Å². The molecule has 3 aromatic rings. The molecule has 0 fully saturated rings. The minimum atomic E-state index is -0.211. The average Bonchev–Trinajstić information content (AvgIpc) is 2.80.